The van der Waals surface area contributed by atoms with Crippen molar-refractivity contribution in [2.24, 2.45) is 0 Å². The van der Waals surface area contributed by atoms with Gasteiger partial charge < -0.3 is 14.5 Å². The summed E-state index contributed by atoms with van der Waals surface area (Å²) < 4.78 is 132. The number of alkyl halides is 9. The predicted octanol–water partition coefficient (Wildman–Crippen LogP) is 7.64. The Balaban J connectivity index is 3.97. The van der Waals surface area contributed by atoms with Gasteiger partial charge in [-0.1, -0.05) is 38.5 Å². The third kappa shape index (κ3) is 22.2. The second-order valence-electron chi connectivity index (χ2n) is 9.00. The lowest BCUT2D eigenvalue weighted by Crippen LogP contribution is -2.37. The van der Waals surface area contributed by atoms with E-state index in [1.165, 1.54) is 0 Å². The maximum atomic E-state index is 13.7. The smallest absolute Gasteiger partial charge is 0.394 e. The first-order chi connectivity index (χ1) is 16.2. The molecule has 0 unspecified atom stereocenters. The summed E-state index contributed by atoms with van der Waals surface area (Å²) in [5, 5.41) is 0. The van der Waals surface area contributed by atoms with E-state index in [0.717, 1.165) is 25.7 Å². The number of unbranched alkanes of at least 4 members (excludes halogenated alkanes) is 7. The van der Waals surface area contributed by atoms with Gasteiger partial charge in [0.1, 0.15) is 6.42 Å². The van der Waals surface area contributed by atoms with Crippen molar-refractivity contribution in [2.45, 2.75) is 114 Å². The molecular weight excluding hydrogens is 534 g/mol. The molecule has 5 nitrogen and oxygen atoms in total. The molecule has 0 fully saturated rings. The van der Waals surface area contributed by atoms with Crippen LogP contribution in [0.25, 0.3) is 0 Å². The molecule has 0 atom stereocenters. The fourth-order valence-electron chi connectivity index (χ4n) is 3.50. The Bertz CT molecular complexity index is 681. The van der Waals surface area contributed by atoms with E-state index in [4.69, 9.17) is 14.5 Å². The average molecular weight is 568 g/mol. The van der Waals surface area contributed by atoms with Crippen molar-refractivity contribution in [3.8, 4) is 0 Å². The molecule has 0 aromatic heterocycles. The van der Waals surface area contributed by atoms with Gasteiger partial charge in [0.15, 0.2) is 0 Å². The minimum absolute atomic E-state index is 0.0189. The van der Waals surface area contributed by atoms with Crippen LogP contribution in [-0.4, -0.2) is 52.5 Å². The Morgan fingerprint density at radius 3 is 1.58 bits per heavy atom. The van der Waals surface area contributed by atoms with Crippen molar-refractivity contribution in [3.63, 3.8) is 0 Å². The topological polar surface area (TPSA) is 83.8 Å². The first-order valence-corrected chi connectivity index (χ1v) is 13.4. The van der Waals surface area contributed by atoms with Gasteiger partial charge in [-0.25, -0.2) is 26.3 Å². The van der Waals surface area contributed by atoms with E-state index >= 15 is 0 Å². The van der Waals surface area contributed by atoms with Crippen LogP contribution >= 0.6 is 7.60 Å². The molecule has 0 aliphatic rings. The highest BCUT2D eigenvalue weighted by molar-refractivity contribution is 7.51. The minimum Gasteiger partial charge on any atom is -0.466 e. The Labute approximate surface area is 204 Å². The summed E-state index contributed by atoms with van der Waals surface area (Å²) >= 11 is 0. The van der Waals surface area contributed by atoms with Gasteiger partial charge in [0, 0.05) is 19.0 Å². The molecule has 0 amide bonds. The van der Waals surface area contributed by atoms with Crippen LogP contribution < -0.4 is 0 Å². The molecule has 0 aliphatic carbocycles. The molecule has 36 heavy (non-hydrogen) atoms. The number of halogens is 9. The quantitative estimate of drug-likeness (QED) is 0.0683. The van der Waals surface area contributed by atoms with E-state index in [2.05, 4.69) is 0 Å². The zero-order valence-electron chi connectivity index (χ0n) is 19.8. The zero-order chi connectivity index (χ0) is 28.1. The predicted molar refractivity (Wildman–Crippen MR) is 113 cm³/mol. The normalized spacial score (nSPS) is 13.8. The average Bonchev–Trinajstić information content (AvgIpc) is 2.61. The number of hydrogen-bond acceptors (Lipinski definition) is 3. The number of carbonyl (C=O) groups excluding carboxylic acids is 1. The lowest BCUT2D eigenvalue weighted by atomic mass is 9.98. The van der Waals surface area contributed by atoms with Crippen molar-refractivity contribution in [1.29, 1.82) is 0 Å². The SMILES string of the molecule is O=C(CCCCCCCCCCP(=O)(O)O)OCCCC(F)(F)CC(F)(F)CC(F)(F)CC(F)(F)F. The summed E-state index contributed by atoms with van der Waals surface area (Å²) in [6.45, 7) is -0.501. The molecule has 0 rings (SSSR count). The molecule has 15 heteroatoms. The third-order valence-corrected chi connectivity index (χ3v) is 5.92. The van der Waals surface area contributed by atoms with Gasteiger partial charge in [-0.2, -0.15) is 13.2 Å². The first kappa shape index (κ1) is 35.0. The van der Waals surface area contributed by atoms with Crippen molar-refractivity contribution in [3.05, 3.63) is 0 Å². The van der Waals surface area contributed by atoms with Crippen LogP contribution in [0.5, 0.6) is 0 Å². The molecule has 0 saturated heterocycles. The van der Waals surface area contributed by atoms with Gasteiger partial charge >= 0.3 is 19.7 Å². The van der Waals surface area contributed by atoms with E-state index in [9.17, 15) is 48.9 Å². The molecule has 216 valence electrons. The number of rotatable bonds is 20. The number of carbonyl (C=O) groups is 1. The number of hydrogen-bond donors (Lipinski definition) is 2. The van der Waals surface area contributed by atoms with E-state index in [-0.39, 0.29) is 12.6 Å². The van der Waals surface area contributed by atoms with Crippen LogP contribution in [0.1, 0.15) is 89.9 Å². The maximum Gasteiger partial charge on any atom is 0.394 e. The van der Waals surface area contributed by atoms with E-state index in [1.807, 2.05) is 0 Å². The highest BCUT2D eigenvalue weighted by Gasteiger charge is 2.53. The molecule has 0 radical (unpaired) electrons. The summed E-state index contributed by atoms with van der Waals surface area (Å²) in [7, 11) is -3.95. The first-order valence-electron chi connectivity index (χ1n) is 11.6. The molecule has 0 bridgehead atoms. The van der Waals surface area contributed by atoms with Crippen LogP contribution in [0.3, 0.4) is 0 Å². The molecule has 0 spiro atoms. The number of esters is 1. The fourth-order valence-corrected chi connectivity index (χ4v) is 4.14. The lowest BCUT2D eigenvalue weighted by Gasteiger charge is -2.27. The highest BCUT2D eigenvalue weighted by atomic mass is 31.2. The molecule has 0 aliphatic heterocycles. The van der Waals surface area contributed by atoms with Gasteiger partial charge in [-0.05, 0) is 19.3 Å². The van der Waals surface area contributed by atoms with Gasteiger partial charge in [-0.15, -0.1) is 0 Å². The lowest BCUT2D eigenvalue weighted by molar-refractivity contribution is -0.214. The Hall–Kier alpha value is -1.01. The summed E-state index contributed by atoms with van der Waals surface area (Å²) in [5.74, 6) is -14.4. The second kappa shape index (κ2) is 15.4. The van der Waals surface area contributed by atoms with Crippen molar-refractivity contribution in [1.82, 2.24) is 0 Å². The second-order valence-corrected chi connectivity index (χ2v) is 10.8. The van der Waals surface area contributed by atoms with E-state index in [1.54, 1.807) is 0 Å². The highest BCUT2D eigenvalue weighted by Crippen LogP contribution is 2.43. The summed E-state index contributed by atoms with van der Waals surface area (Å²) in [4.78, 5) is 29.0. The van der Waals surface area contributed by atoms with Gasteiger partial charge in [0.05, 0.1) is 19.4 Å². The zero-order valence-corrected chi connectivity index (χ0v) is 20.7. The summed E-state index contributed by atoms with van der Waals surface area (Å²) in [6.07, 6.45) is -9.40. The Morgan fingerprint density at radius 1 is 0.639 bits per heavy atom. The van der Waals surface area contributed by atoms with Gasteiger partial charge in [-0.3, -0.25) is 9.36 Å². The minimum atomic E-state index is -5.43. The standard InChI is InChI=1S/C21H34F9O5P/c22-18(23,14-19(24,25)15-20(26,27)16-21(28,29)30)11-9-12-35-17(31)10-7-5-3-1-2-4-6-8-13-36(32,33)34/h1-16H2,(H2,32,33,34). The van der Waals surface area contributed by atoms with Crippen LogP contribution in [-0.2, 0) is 14.1 Å². The summed E-state index contributed by atoms with van der Waals surface area (Å²) in [6, 6.07) is 0. The van der Waals surface area contributed by atoms with Gasteiger partial charge in [0.2, 0.25) is 0 Å². The Morgan fingerprint density at radius 2 is 1.08 bits per heavy atom. The van der Waals surface area contributed by atoms with Crippen molar-refractivity contribution in [2.75, 3.05) is 12.8 Å². The molecule has 0 saturated carbocycles. The maximum absolute atomic E-state index is 13.7. The van der Waals surface area contributed by atoms with Gasteiger partial charge in [0.25, 0.3) is 17.8 Å². The largest absolute Gasteiger partial charge is 0.466 e. The van der Waals surface area contributed by atoms with Crippen LogP contribution in [0.15, 0.2) is 0 Å². The molecule has 0 aromatic carbocycles. The monoisotopic (exact) mass is 568 g/mol. The van der Waals surface area contributed by atoms with E-state index in [0.29, 0.717) is 25.7 Å². The van der Waals surface area contributed by atoms with Crippen molar-refractivity contribution < 1.29 is 63.4 Å². The number of ether oxygens (including phenoxy) is 1. The molecule has 0 aromatic rings. The van der Waals surface area contributed by atoms with Crippen molar-refractivity contribution >= 4 is 13.6 Å². The third-order valence-electron chi connectivity index (χ3n) is 5.02. The van der Waals surface area contributed by atoms with Crippen LogP contribution in [0.2, 0.25) is 0 Å². The molecule has 2 N–H and O–H groups in total. The Kier molecular flexibility index (Phi) is 15.0. The van der Waals surface area contributed by atoms with E-state index < -0.39 is 76.2 Å². The molecular formula is C21H34F9O5P. The fraction of sp³-hybridized carbons (Fsp3) is 0.952. The summed E-state index contributed by atoms with van der Waals surface area (Å²) in [5.41, 5.74) is 0. The van der Waals surface area contributed by atoms with Crippen LogP contribution in [0, 0.1) is 0 Å². The molecule has 0 heterocycles. The van der Waals surface area contributed by atoms with Crippen LogP contribution in [0.4, 0.5) is 39.5 Å².